The Hall–Kier alpha value is 0.450. The molecule has 0 radical (unpaired) electrons. The Morgan fingerprint density at radius 3 is 2.56 bits per heavy atom. The van der Waals surface area contributed by atoms with Gasteiger partial charge in [0.1, 0.15) is 0 Å². The summed E-state index contributed by atoms with van der Waals surface area (Å²) < 4.78 is 0.567. The number of aliphatic hydroxyl groups is 1. The highest BCUT2D eigenvalue weighted by atomic mass is 35.5. The summed E-state index contributed by atoms with van der Waals surface area (Å²) in [6, 6.07) is 0. The minimum Gasteiger partial charge on any atom is -0.371 e. The summed E-state index contributed by atoms with van der Waals surface area (Å²) in [4.78, 5) is 0. The third-order valence-electron chi connectivity index (χ3n) is 0.888. The number of nitrogens with two attached hydrogens (primary N) is 1. The molecule has 0 saturated carbocycles. The van der Waals surface area contributed by atoms with E-state index in [1.165, 1.54) is 16.8 Å². The smallest absolute Gasteiger partial charge is 0.152 e. The van der Waals surface area contributed by atoms with Gasteiger partial charge in [0.25, 0.3) is 0 Å². The zero-order chi connectivity index (χ0) is 6.15. The van der Waals surface area contributed by atoms with Gasteiger partial charge in [0.15, 0.2) is 10.5 Å². The topological polar surface area (TPSA) is 49.5 Å². The van der Waals surface area contributed by atoms with Gasteiger partial charge in [-0.05, 0) is 0 Å². The number of nitrogens with zero attached hydrogens (tertiary/aromatic N) is 1. The number of thioether (sulfide) groups is 1. The number of hydrogen-bond acceptors (Lipinski definition) is 4. The monoisotopic (exact) mass is 186 g/mol. The Kier molecular flexibility index (Phi) is 3.76. The van der Waals surface area contributed by atoms with Gasteiger partial charge in [0.05, 0.1) is 0 Å². The highest BCUT2D eigenvalue weighted by Gasteiger charge is 2.23. The van der Waals surface area contributed by atoms with Crippen LogP contribution in [0.25, 0.3) is 0 Å². The molecule has 1 aliphatic heterocycles. The van der Waals surface area contributed by atoms with E-state index in [0.29, 0.717) is 10.1 Å². The van der Waals surface area contributed by atoms with E-state index in [1.807, 2.05) is 0 Å². The molecule has 0 aromatic rings. The second kappa shape index (κ2) is 3.58. The molecule has 1 saturated heterocycles. The third kappa shape index (κ3) is 1.94. The average Bonchev–Trinajstić information content (AvgIpc) is 1.98. The van der Waals surface area contributed by atoms with Crippen LogP contribution in [-0.2, 0) is 0 Å². The maximum atomic E-state index is 8.86. The molecule has 1 rings (SSSR count). The lowest BCUT2D eigenvalue weighted by molar-refractivity contribution is 0.0844. The van der Waals surface area contributed by atoms with Crippen molar-refractivity contribution < 1.29 is 5.11 Å². The van der Waals surface area contributed by atoms with E-state index in [9.17, 15) is 0 Å². The minimum absolute atomic E-state index is 0. The van der Waals surface area contributed by atoms with Crippen LogP contribution in [0.5, 0.6) is 0 Å². The summed E-state index contributed by atoms with van der Waals surface area (Å²) in [5.41, 5.74) is 0. The lowest BCUT2D eigenvalue weighted by atomic mass is 10.6. The molecule has 1 aliphatic rings. The molecular weight excluding hydrogens is 180 g/mol. The van der Waals surface area contributed by atoms with Gasteiger partial charge in [-0.25, -0.2) is 5.84 Å². The molecule has 1 fully saturated rings. The molecule has 0 aromatic carbocycles. The van der Waals surface area contributed by atoms with E-state index in [-0.39, 0.29) is 12.4 Å². The molecule has 0 amide bonds. The number of halogens is 1. The molecule has 6 heteroatoms. The van der Waals surface area contributed by atoms with Crippen LogP contribution in [-0.4, -0.2) is 26.4 Å². The Balaban J connectivity index is 0.000000640. The number of aliphatic hydroxyl groups excluding tert-OH is 1. The highest BCUT2D eigenvalue weighted by molar-refractivity contribution is 8.23. The maximum absolute atomic E-state index is 8.86. The summed E-state index contributed by atoms with van der Waals surface area (Å²) in [7, 11) is 0. The Morgan fingerprint density at radius 1 is 1.89 bits per heavy atom. The Morgan fingerprint density at radius 2 is 2.44 bits per heavy atom. The molecule has 9 heavy (non-hydrogen) atoms. The van der Waals surface area contributed by atoms with Gasteiger partial charge >= 0.3 is 0 Å². The summed E-state index contributed by atoms with van der Waals surface area (Å²) in [6.07, 6.45) is -0.576. The molecule has 1 atom stereocenters. The van der Waals surface area contributed by atoms with E-state index in [2.05, 4.69) is 0 Å². The molecule has 0 spiro atoms. The molecule has 1 unspecified atom stereocenters. The van der Waals surface area contributed by atoms with Crippen LogP contribution in [0.3, 0.4) is 0 Å². The van der Waals surface area contributed by atoms with Gasteiger partial charge in [0, 0.05) is 5.75 Å². The van der Waals surface area contributed by atoms with Crippen LogP contribution in [0, 0.1) is 0 Å². The molecule has 54 valence electrons. The minimum atomic E-state index is -0.576. The number of hydrazine groups is 1. The first-order valence-corrected chi connectivity index (χ1v) is 3.50. The van der Waals surface area contributed by atoms with Gasteiger partial charge in [-0.3, -0.25) is 5.01 Å². The largest absolute Gasteiger partial charge is 0.371 e. The lowest BCUT2D eigenvalue weighted by Gasteiger charge is -2.12. The van der Waals surface area contributed by atoms with Crippen LogP contribution in [0.1, 0.15) is 0 Å². The molecule has 0 bridgehead atoms. The Bertz CT molecular complexity index is 122. The van der Waals surface area contributed by atoms with Crippen molar-refractivity contribution >= 4 is 40.7 Å². The van der Waals surface area contributed by atoms with Crippen molar-refractivity contribution in [2.24, 2.45) is 5.84 Å². The summed E-state index contributed by atoms with van der Waals surface area (Å²) in [5.74, 6) is 5.84. The van der Waals surface area contributed by atoms with Gasteiger partial charge in [-0.15, -0.1) is 12.4 Å². The van der Waals surface area contributed by atoms with Crippen LogP contribution in [0.15, 0.2) is 0 Å². The zero-order valence-electron chi connectivity index (χ0n) is 4.48. The Labute approximate surface area is 69.0 Å². The molecule has 0 aliphatic carbocycles. The number of thiocarbonyl (C=S) groups is 1. The van der Waals surface area contributed by atoms with E-state index in [4.69, 9.17) is 23.2 Å². The molecule has 0 aromatic heterocycles. The van der Waals surface area contributed by atoms with Crippen molar-refractivity contribution in [3.05, 3.63) is 0 Å². The molecular formula is C3H7ClN2OS2. The van der Waals surface area contributed by atoms with E-state index in [0.717, 1.165) is 0 Å². The van der Waals surface area contributed by atoms with Gasteiger partial charge in [-0.2, -0.15) is 0 Å². The fourth-order valence-corrected chi connectivity index (χ4v) is 1.47. The first kappa shape index (κ1) is 9.45. The molecule has 3 nitrogen and oxygen atoms in total. The standard InChI is InChI=1S/C3H6N2OS2.ClH/c4-5-2(6)1-8-3(5)7;/h2,6H,1,4H2;1H. The predicted molar refractivity (Wildman–Crippen MR) is 44.3 cm³/mol. The van der Waals surface area contributed by atoms with Gasteiger partial charge < -0.3 is 5.11 Å². The highest BCUT2D eigenvalue weighted by Crippen LogP contribution is 2.18. The molecule has 3 N–H and O–H groups in total. The number of rotatable bonds is 0. The SMILES string of the molecule is Cl.NN1C(=S)SCC1O. The van der Waals surface area contributed by atoms with Crippen molar-refractivity contribution in [2.75, 3.05) is 5.75 Å². The summed E-state index contributed by atoms with van der Waals surface area (Å²) in [6.45, 7) is 0. The van der Waals surface area contributed by atoms with Gasteiger partial charge in [0.2, 0.25) is 0 Å². The van der Waals surface area contributed by atoms with E-state index < -0.39 is 6.23 Å². The van der Waals surface area contributed by atoms with Crippen LogP contribution < -0.4 is 5.84 Å². The first-order chi connectivity index (χ1) is 3.72. The quantitative estimate of drug-likeness (QED) is 0.410. The molecule has 1 heterocycles. The average molecular weight is 187 g/mol. The van der Waals surface area contributed by atoms with Crippen molar-refractivity contribution in [3.63, 3.8) is 0 Å². The van der Waals surface area contributed by atoms with Gasteiger partial charge in [-0.1, -0.05) is 24.0 Å². The third-order valence-corrected chi connectivity index (χ3v) is 2.37. The fourth-order valence-electron chi connectivity index (χ4n) is 0.422. The summed E-state index contributed by atoms with van der Waals surface area (Å²) >= 11 is 6.12. The fraction of sp³-hybridized carbons (Fsp3) is 0.667. The van der Waals surface area contributed by atoms with Crippen LogP contribution in [0.4, 0.5) is 0 Å². The zero-order valence-corrected chi connectivity index (χ0v) is 6.93. The summed E-state index contributed by atoms with van der Waals surface area (Å²) in [5, 5.41) is 10.1. The van der Waals surface area contributed by atoms with Crippen molar-refractivity contribution in [1.82, 2.24) is 5.01 Å². The number of hydrogen-bond donors (Lipinski definition) is 2. The maximum Gasteiger partial charge on any atom is 0.152 e. The van der Waals surface area contributed by atoms with Crippen molar-refractivity contribution in [1.29, 1.82) is 0 Å². The van der Waals surface area contributed by atoms with Crippen molar-refractivity contribution in [2.45, 2.75) is 6.23 Å². The predicted octanol–water partition coefficient (Wildman–Crippen LogP) is -0.0660. The second-order valence-corrected chi connectivity index (χ2v) is 3.12. The van der Waals surface area contributed by atoms with Crippen LogP contribution in [0.2, 0.25) is 0 Å². The second-order valence-electron chi connectivity index (χ2n) is 1.46. The lowest BCUT2D eigenvalue weighted by Crippen LogP contribution is -2.38. The van der Waals surface area contributed by atoms with Crippen molar-refractivity contribution in [3.8, 4) is 0 Å². The van der Waals surface area contributed by atoms with E-state index >= 15 is 0 Å². The van der Waals surface area contributed by atoms with Crippen LogP contribution >= 0.6 is 36.4 Å². The normalized spacial score (nSPS) is 26.2. The van der Waals surface area contributed by atoms with E-state index in [1.54, 1.807) is 0 Å². The first-order valence-electron chi connectivity index (χ1n) is 2.10.